The molecule has 1 aliphatic heterocycles. The second kappa shape index (κ2) is 7.11. The normalized spacial score (nSPS) is 18.7. The Bertz CT molecular complexity index is 797. The smallest absolute Gasteiger partial charge is 0.219 e. The van der Waals surface area contributed by atoms with Crippen LogP contribution >= 0.6 is 11.6 Å². The molecule has 0 radical (unpaired) electrons. The molecule has 0 bridgehead atoms. The molecule has 1 aliphatic carbocycles. The zero-order chi connectivity index (χ0) is 18.9. The molecule has 3 nitrogen and oxygen atoms in total. The number of hydrogen-bond acceptors (Lipinski definition) is 3. The van der Waals surface area contributed by atoms with Gasteiger partial charge in [-0.2, -0.15) is 4.98 Å². The molecular weight excluding hydrogens is 344 g/mol. The van der Waals surface area contributed by atoms with Crippen molar-refractivity contribution in [2.75, 3.05) is 11.9 Å². The summed E-state index contributed by atoms with van der Waals surface area (Å²) >= 11 is 6.35. The van der Waals surface area contributed by atoms with Gasteiger partial charge in [0.25, 0.3) is 0 Å². The molecule has 1 N–H and O–H groups in total. The van der Waals surface area contributed by atoms with E-state index >= 15 is 0 Å². The van der Waals surface area contributed by atoms with Crippen LogP contribution < -0.4 is 10.1 Å². The van der Waals surface area contributed by atoms with Crippen molar-refractivity contribution in [3.05, 3.63) is 52.0 Å². The fourth-order valence-corrected chi connectivity index (χ4v) is 4.00. The van der Waals surface area contributed by atoms with Gasteiger partial charge in [-0.05, 0) is 55.5 Å². The van der Waals surface area contributed by atoms with Gasteiger partial charge in [-0.25, -0.2) is 0 Å². The SMILES string of the molecule is CC.Cc1c(Cl)cccc1C1(Nc2ccc3c(n2)OCC3(C)C)CCC1. The van der Waals surface area contributed by atoms with Crippen molar-refractivity contribution in [2.45, 2.75) is 64.8 Å². The maximum absolute atomic E-state index is 6.35. The zero-order valence-corrected chi connectivity index (χ0v) is 17.2. The van der Waals surface area contributed by atoms with Crippen LogP contribution in [0.4, 0.5) is 5.82 Å². The highest BCUT2D eigenvalue weighted by Crippen LogP contribution is 2.46. The van der Waals surface area contributed by atoms with Crippen LogP contribution in [0.1, 0.15) is 63.6 Å². The van der Waals surface area contributed by atoms with Crippen molar-refractivity contribution < 1.29 is 4.74 Å². The number of rotatable bonds is 3. The second-order valence-corrected chi connectivity index (χ2v) is 8.10. The number of nitrogens with zero attached hydrogens (tertiary/aromatic N) is 1. The minimum atomic E-state index is -0.0651. The Balaban J connectivity index is 0.000000948. The van der Waals surface area contributed by atoms with Crippen molar-refractivity contribution in [3.8, 4) is 5.88 Å². The van der Waals surface area contributed by atoms with Crippen molar-refractivity contribution in [1.82, 2.24) is 4.98 Å². The topological polar surface area (TPSA) is 34.2 Å². The van der Waals surface area contributed by atoms with E-state index in [1.54, 1.807) is 0 Å². The summed E-state index contributed by atoms with van der Waals surface area (Å²) in [4.78, 5) is 4.73. The van der Waals surface area contributed by atoms with Gasteiger partial charge in [-0.15, -0.1) is 0 Å². The first-order chi connectivity index (χ1) is 12.4. The molecule has 4 heteroatoms. The van der Waals surface area contributed by atoms with E-state index in [-0.39, 0.29) is 11.0 Å². The first-order valence-electron chi connectivity index (χ1n) is 9.59. The number of fused-ring (bicyclic) bond motifs is 1. The lowest BCUT2D eigenvalue weighted by Gasteiger charge is -2.44. The van der Waals surface area contributed by atoms with Crippen LogP contribution in [0.15, 0.2) is 30.3 Å². The summed E-state index contributed by atoms with van der Waals surface area (Å²) < 4.78 is 5.80. The lowest BCUT2D eigenvalue weighted by molar-refractivity contribution is 0.278. The third-order valence-electron chi connectivity index (χ3n) is 5.52. The van der Waals surface area contributed by atoms with Crippen molar-refractivity contribution in [1.29, 1.82) is 0 Å². The predicted octanol–water partition coefficient (Wildman–Crippen LogP) is 6.23. The van der Waals surface area contributed by atoms with Crippen LogP contribution in [-0.4, -0.2) is 11.6 Å². The molecule has 2 aliphatic rings. The quantitative estimate of drug-likeness (QED) is 0.693. The summed E-state index contributed by atoms with van der Waals surface area (Å²) in [6.45, 7) is 11.2. The van der Waals surface area contributed by atoms with Crippen LogP contribution in [0.25, 0.3) is 0 Å². The molecule has 26 heavy (non-hydrogen) atoms. The van der Waals surface area contributed by atoms with Crippen molar-refractivity contribution in [3.63, 3.8) is 0 Å². The van der Waals surface area contributed by atoms with Crippen LogP contribution in [0.2, 0.25) is 5.02 Å². The Hall–Kier alpha value is -1.74. The monoisotopic (exact) mass is 372 g/mol. The molecule has 2 heterocycles. The van der Waals surface area contributed by atoms with Crippen LogP contribution in [-0.2, 0) is 11.0 Å². The van der Waals surface area contributed by atoms with Gasteiger partial charge < -0.3 is 10.1 Å². The average Bonchev–Trinajstić information content (AvgIpc) is 2.90. The van der Waals surface area contributed by atoms with Gasteiger partial charge in [0, 0.05) is 16.0 Å². The van der Waals surface area contributed by atoms with E-state index in [4.69, 9.17) is 21.3 Å². The van der Waals surface area contributed by atoms with E-state index in [9.17, 15) is 0 Å². The fraction of sp³-hybridized carbons (Fsp3) is 0.500. The molecule has 0 unspecified atom stereocenters. The first-order valence-corrected chi connectivity index (χ1v) is 9.97. The average molecular weight is 373 g/mol. The van der Waals surface area contributed by atoms with Crippen molar-refractivity contribution >= 4 is 17.4 Å². The maximum Gasteiger partial charge on any atom is 0.219 e. The summed E-state index contributed by atoms with van der Waals surface area (Å²) in [5.74, 6) is 1.65. The summed E-state index contributed by atoms with van der Waals surface area (Å²) in [6.07, 6.45) is 3.41. The molecular formula is C22H29ClN2O. The second-order valence-electron chi connectivity index (χ2n) is 7.69. The number of nitrogens with one attached hydrogen (secondary N) is 1. The Morgan fingerprint density at radius 2 is 1.81 bits per heavy atom. The van der Waals surface area contributed by atoms with E-state index in [0.29, 0.717) is 6.61 Å². The van der Waals surface area contributed by atoms with Gasteiger partial charge in [0.2, 0.25) is 5.88 Å². The number of hydrogen-bond donors (Lipinski definition) is 1. The number of aromatic nitrogens is 1. The van der Waals surface area contributed by atoms with Gasteiger partial charge in [0.15, 0.2) is 0 Å². The van der Waals surface area contributed by atoms with E-state index in [2.05, 4.69) is 44.3 Å². The largest absolute Gasteiger partial charge is 0.476 e. The lowest BCUT2D eigenvalue weighted by atomic mass is 9.70. The molecule has 140 valence electrons. The predicted molar refractivity (Wildman–Crippen MR) is 109 cm³/mol. The van der Waals surface area contributed by atoms with Crippen LogP contribution in [0.3, 0.4) is 0 Å². The molecule has 1 fully saturated rings. The molecule has 1 aromatic carbocycles. The number of halogens is 1. The van der Waals surface area contributed by atoms with Crippen LogP contribution in [0, 0.1) is 6.92 Å². The minimum absolute atomic E-state index is 0.0402. The Morgan fingerprint density at radius 3 is 2.46 bits per heavy atom. The Labute approximate surface area is 162 Å². The van der Waals surface area contributed by atoms with Gasteiger partial charge in [-0.3, -0.25) is 0 Å². The molecule has 1 aromatic heterocycles. The highest BCUT2D eigenvalue weighted by Gasteiger charge is 2.41. The lowest BCUT2D eigenvalue weighted by Crippen LogP contribution is -2.43. The molecule has 1 saturated carbocycles. The molecule has 4 rings (SSSR count). The molecule has 2 aromatic rings. The Kier molecular flexibility index (Phi) is 5.21. The standard InChI is InChI=1S/C20H23ClN2O.C2H6/c1-13-14(6-4-7-16(13)21)20(10-5-11-20)23-17-9-8-15-18(22-17)24-12-19(15,2)3;1-2/h4,6-9H,5,10-12H2,1-3H3,(H,22,23);1-2H3. The molecule has 0 atom stereocenters. The summed E-state index contributed by atoms with van der Waals surface area (Å²) in [5.41, 5.74) is 3.60. The highest BCUT2D eigenvalue weighted by atomic mass is 35.5. The molecule has 0 spiro atoms. The minimum Gasteiger partial charge on any atom is -0.476 e. The van der Waals surface area contributed by atoms with Gasteiger partial charge in [-0.1, -0.05) is 51.4 Å². The number of ether oxygens (including phenoxy) is 1. The summed E-state index contributed by atoms with van der Waals surface area (Å²) in [5, 5.41) is 4.51. The highest BCUT2D eigenvalue weighted by molar-refractivity contribution is 6.31. The molecule has 0 saturated heterocycles. The van der Waals surface area contributed by atoms with E-state index in [0.717, 1.165) is 35.1 Å². The van der Waals surface area contributed by atoms with Gasteiger partial charge in [0.05, 0.1) is 12.1 Å². The molecule has 0 amide bonds. The first kappa shape index (κ1) is 19.0. The third kappa shape index (κ3) is 3.18. The number of benzene rings is 1. The van der Waals surface area contributed by atoms with Gasteiger partial charge >= 0.3 is 0 Å². The number of pyridine rings is 1. The fourth-order valence-electron chi connectivity index (χ4n) is 3.82. The Morgan fingerprint density at radius 1 is 1.08 bits per heavy atom. The van der Waals surface area contributed by atoms with E-state index in [1.807, 2.05) is 26.0 Å². The van der Waals surface area contributed by atoms with Gasteiger partial charge in [0.1, 0.15) is 5.82 Å². The number of anilines is 1. The van der Waals surface area contributed by atoms with E-state index in [1.165, 1.54) is 17.5 Å². The maximum atomic E-state index is 6.35. The van der Waals surface area contributed by atoms with Crippen molar-refractivity contribution in [2.24, 2.45) is 0 Å². The third-order valence-corrected chi connectivity index (χ3v) is 5.93. The summed E-state index contributed by atoms with van der Waals surface area (Å²) in [6, 6.07) is 10.4. The van der Waals surface area contributed by atoms with E-state index < -0.39 is 0 Å². The summed E-state index contributed by atoms with van der Waals surface area (Å²) in [7, 11) is 0. The van der Waals surface area contributed by atoms with Crippen LogP contribution in [0.5, 0.6) is 5.88 Å². The zero-order valence-electron chi connectivity index (χ0n) is 16.4.